The number of para-hydroxylation sites is 2. The molecule has 4 heterocycles. The number of benzene rings is 3. The number of aromatic nitrogens is 2. The number of piperidine rings is 1. The molecule has 2 aliphatic rings. The van der Waals surface area contributed by atoms with Gasteiger partial charge in [-0.3, -0.25) is 14.4 Å². The molecule has 1 fully saturated rings. The molecule has 0 radical (unpaired) electrons. The molecule has 1 unspecified atom stereocenters. The van der Waals surface area contributed by atoms with Gasteiger partial charge >= 0.3 is 0 Å². The molecule has 0 spiro atoms. The number of nitrogens with one attached hydrogen (secondary N) is 3. The summed E-state index contributed by atoms with van der Waals surface area (Å²) in [5.41, 5.74) is 5.33. The van der Waals surface area contributed by atoms with E-state index in [1.165, 1.54) is 0 Å². The van der Waals surface area contributed by atoms with Crippen molar-refractivity contribution in [1.29, 1.82) is 0 Å². The van der Waals surface area contributed by atoms with Crippen molar-refractivity contribution in [1.82, 2.24) is 25.1 Å². The highest BCUT2D eigenvalue weighted by Crippen LogP contribution is 2.33. The Kier molecular flexibility index (Phi) is 8.98. The van der Waals surface area contributed by atoms with Gasteiger partial charge in [-0.05, 0) is 86.8 Å². The highest BCUT2D eigenvalue weighted by Gasteiger charge is 2.36. The van der Waals surface area contributed by atoms with Crippen molar-refractivity contribution < 1.29 is 14.4 Å². The molecule has 3 N–H and O–H groups in total. The summed E-state index contributed by atoms with van der Waals surface area (Å²) in [4.78, 5) is 54.2. The number of anilines is 1. The standard InChI is InChI=1S/C38H41ClN6O3/c1-43(2)22-24-17-27-18-29(39)11-12-35(27)45(23-24)38(48)34(20-28-21-40-32-10-6-4-8-30(28)32)42-36(46)25-13-15-44(16-14-25)37(47)33-19-26-7-3-5-9-31(26)41-33/h3-12,18-19,21,24-25,34,40-41H,13-17,20,22-23H2,1-2H3,(H,42,46)/t24?,34-/m1/s1. The Labute approximate surface area is 285 Å². The maximum atomic E-state index is 14.6. The average molecular weight is 665 g/mol. The Hall–Kier alpha value is -4.60. The van der Waals surface area contributed by atoms with Gasteiger partial charge in [0.2, 0.25) is 11.8 Å². The van der Waals surface area contributed by atoms with Crippen molar-refractivity contribution in [2.75, 3.05) is 45.2 Å². The van der Waals surface area contributed by atoms with E-state index in [-0.39, 0.29) is 29.6 Å². The minimum atomic E-state index is -0.774. The van der Waals surface area contributed by atoms with Crippen molar-refractivity contribution in [3.8, 4) is 0 Å². The van der Waals surface area contributed by atoms with Crippen LogP contribution in [-0.2, 0) is 22.4 Å². The third-order valence-electron chi connectivity index (χ3n) is 9.80. The van der Waals surface area contributed by atoms with Crippen molar-refractivity contribution in [3.05, 3.63) is 101 Å². The number of hydrogen-bond acceptors (Lipinski definition) is 4. The SMILES string of the molecule is CN(C)CC1Cc2cc(Cl)ccc2N(C(=O)[C@@H](Cc2c[nH]c3ccccc23)NC(=O)C2CCN(C(=O)c3cc4ccccc4[nH]3)CC2)C1. The number of aromatic amines is 2. The minimum Gasteiger partial charge on any atom is -0.361 e. The van der Waals surface area contributed by atoms with Gasteiger partial charge in [-0.15, -0.1) is 0 Å². The van der Waals surface area contributed by atoms with Gasteiger partial charge in [0.05, 0.1) is 0 Å². The molecule has 2 aromatic heterocycles. The largest absolute Gasteiger partial charge is 0.361 e. The number of nitrogens with zero attached hydrogens (tertiary/aromatic N) is 3. The van der Waals surface area contributed by atoms with E-state index in [9.17, 15) is 14.4 Å². The molecule has 2 aliphatic heterocycles. The topological polar surface area (TPSA) is 105 Å². The minimum absolute atomic E-state index is 0.0615. The summed E-state index contributed by atoms with van der Waals surface area (Å²) < 4.78 is 0. The third kappa shape index (κ3) is 6.57. The zero-order valence-corrected chi connectivity index (χ0v) is 28.1. The third-order valence-corrected chi connectivity index (χ3v) is 10.0. The normalized spacial score (nSPS) is 17.5. The first-order valence-corrected chi connectivity index (χ1v) is 17.1. The van der Waals surface area contributed by atoms with Gasteiger partial charge in [-0.2, -0.15) is 0 Å². The Morgan fingerprint density at radius 3 is 2.50 bits per heavy atom. The Morgan fingerprint density at radius 2 is 1.73 bits per heavy atom. The number of carbonyl (C=O) groups excluding carboxylic acids is 3. The Bertz CT molecular complexity index is 1940. The summed E-state index contributed by atoms with van der Waals surface area (Å²) in [7, 11) is 4.08. The highest BCUT2D eigenvalue weighted by molar-refractivity contribution is 6.30. The predicted molar refractivity (Wildman–Crippen MR) is 190 cm³/mol. The van der Waals surface area contributed by atoms with Gasteiger partial charge in [0.1, 0.15) is 11.7 Å². The van der Waals surface area contributed by atoms with Crippen LogP contribution in [0.1, 0.15) is 34.5 Å². The van der Waals surface area contributed by atoms with Gasteiger partial charge in [0.25, 0.3) is 5.91 Å². The van der Waals surface area contributed by atoms with Crippen LogP contribution in [0.3, 0.4) is 0 Å². The molecule has 3 aromatic carbocycles. The highest BCUT2D eigenvalue weighted by atomic mass is 35.5. The van der Waals surface area contributed by atoms with Crippen molar-refractivity contribution in [2.24, 2.45) is 11.8 Å². The van der Waals surface area contributed by atoms with Gasteiger partial charge in [0.15, 0.2) is 0 Å². The zero-order valence-electron chi connectivity index (χ0n) is 27.3. The van der Waals surface area contributed by atoms with Gasteiger partial charge in [-0.1, -0.05) is 48.0 Å². The van der Waals surface area contributed by atoms with Crippen LogP contribution in [0.4, 0.5) is 5.69 Å². The molecule has 3 amide bonds. The van der Waals surface area contributed by atoms with Crippen LogP contribution < -0.4 is 10.2 Å². The summed E-state index contributed by atoms with van der Waals surface area (Å²) in [5, 5.41) is 5.86. The number of H-pyrrole nitrogens is 2. The quantitative estimate of drug-likeness (QED) is 0.200. The molecule has 0 aliphatic carbocycles. The first-order valence-electron chi connectivity index (χ1n) is 16.7. The number of halogens is 1. The van der Waals surface area contributed by atoms with Crippen LogP contribution >= 0.6 is 11.6 Å². The summed E-state index contributed by atoms with van der Waals surface area (Å²) >= 11 is 6.41. The van der Waals surface area contributed by atoms with Crippen LogP contribution in [-0.4, -0.2) is 83.8 Å². The molecule has 9 nitrogen and oxygen atoms in total. The summed E-state index contributed by atoms with van der Waals surface area (Å²) in [6.45, 7) is 2.32. The average Bonchev–Trinajstić information content (AvgIpc) is 3.71. The van der Waals surface area contributed by atoms with E-state index in [1.807, 2.05) is 103 Å². The first kappa shape index (κ1) is 32.0. The zero-order chi connectivity index (χ0) is 33.4. The molecule has 5 aromatic rings. The van der Waals surface area contributed by atoms with Gasteiger partial charge < -0.3 is 30.0 Å². The molecule has 0 bridgehead atoms. The second-order valence-electron chi connectivity index (χ2n) is 13.5. The van der Waals surface area contributed by atoms with Crippen LogP contribution in [0.2, 0.25) is 5.02 Å². The lowest BCUT2D eigenvalue weighted by atomic mass is 9.90. The van der Waals surface area contributed by atoms with Crippen LogP contribution in [0.25, 0.3) is 21.8 Å². The second-order valence-corrected chi connectivity index (χ2v) is 14.0. The summed E-state index contributed by atoms with van der Waals surface area (Å²) in [6.07, 6.45) is 4.17. The lowest BCUT2D eigenvalue weighted by Crippen LogP contribution is -2.54. The monoisotopic (exact) mass is 664 g/mol. The fourth-order valence-electron chi connectivity index (χ4n) is 7.46. The number of carbonyl (C=O) groups is 3. The maximum absolute atomic E-state index is 14.6. The van der Waals surface area contributed by atoms with E-state index in [2.05, 4.69) is 20.2 Å². The fraction of sp³-hybridized carbons (Fsp3) is 0.342. The van der Waals surface area contributed by atoms with Gasteiger partial charge in [-0.25, -0.2) is 0 Å². The smallest absolute Gasteiger partial charge is 0.270 e. The molecular weight excluding hydrogens is 624 g/mol. The van der Waals surface area contributed by atoms with Crippen molar-refractivity contribution in [3.63, 3.8) is 0 Å². The maximum Gasteiger partial charge on any atom is 0.270 e. The van der Waals surface area contributed by atoms with Crippen molar-refractivity contribution >= 4 is 56.8 Å². The number of amides is 3. The first-order chi connectivity index (χ1) is 23.2. The van der Waals surface area contributed by atoms with Gasteiger partial charge in [0, 0.05) is 77.2 Å². The number of fused-ring (bicyclic) bond motifs is 3. The lowest BCUT2D eigenvalue weighted by Gasteiger charge is -2.38. The molecule has 7 rings (SSSR count). The van der Waals surface area contributed by atoms with E-state index in [1.54, 1.807) is 0 Å². The number of rotatable bonds is 8. The summed E-state index contributed by atoms with van der Waals surface area (Å²) in [6, 6.07) is 22.6. The Balaban J connectivity index is 1.10. The number of likely N-dealkylation sites (tertiary alicyclic amines) is 1. The summed E-state index contributed by atoms with van der Waals surface area (Å²) in [5.74, 6) is -0.424. The molecule has 10 heteroatoms. The molecule has 2 atom stereocenters. The second kappa shape index (κ2) is 13.5. The van der Waals surface area contributed by atoms with Crippen LogP contribution in [0.15, 0.2) is 79.0 Å². The lowest BCUT2D eigenvalue weighted by molar-refractivity contribution is -0.131. The predicted octanol–water partition coefficient (Wildman–Crippen LogP) is 5.65. The molecule has 48 heavy (non-hydrogen) atoms. The Morgan fingerprint density at radius 1 is 0.979 bits per heavy atom. The fourth-order valence-corrected chi connectivity index (χ4v) is 7.66. The van der Waals surface area contributed by atoms with Crippen LogP contribution in [0, 0.1) is 11.8 Å². The van der Waals surface area contributed by atoms with Crippen molar-refractivity contribution in [2.45, 2.75) is 31.7 Å². The van der Waals surface area contributed by atoms with E-state index < -0.39 is 6.04 Å². The van der Waals surface area contributed by atoms with E-state index in [0.717, 1.165) is 51.6 Å². The van der Waals surface area contributed by atoms with E-state index in [4.69, 9.17) is 11.6 Å². The van der Waals surface area contributed by atoms with Crippen LogP contribution in [0.5, 0.6) is 0 Å². The molecule has 1 saturated heterocycles. The molecular formula is C38H41ClN6O3. The van der Waals surface area contributed by atoms with E-state index in [0.29, 0.717) is 49.6 Å². The van der Waals surface area contributed by atoms with E-state index >= 15 is 0 Å². The molecule has 248 valence electrons. The number of hydrogen-bond donors (Lipinski definition) is 3. The molecule has 0 saturated carbocycles.